The first-order valence-corrected chi connectivity index (χ1v) is 20.4. The van der Waals surface area contributed by atoms with Gasteiger partial charge in [0.05, 0.1) is 52.0 Å². The van der Waals surface area contributed by atoms with Gasteiger partial charge in [0.25, 0.3) is 11.6 Å². The predicted octanol–water partition coefficient (Wildman–Crippen LogP) is -12.0. The Morgan fingerprint density at radius 1 is 0.639 bits per heavy atom. The number of furan rings is 1. The van der Waals surface area contributed by atoms with Gasteiger partial charge in [-0.2, -0.15) is 9.59 Å². The van der Waals surface area contributed by atoms with Crippen molar-refractivity contribution in [2.45, 2.75) is 76.2 Å². The Morgan fingerprint density at radius 3 is 1.35 bits per heavy atom. The van der Waals surface area contributed by atoms with Crippen LogP contribution in [0, 0.1) is 0 Å². The van der Waals surface area contributed by atoms with Crippen LogP contribution in [0.15, 0.2) is 58.3 Å². The first-order chi connectivity index (χ1) is 36.7. The van der Waals surface area contributed by atoms with E-state index in [1.807, 2.05) is 13.8 Å². The lowest BCUT2D eigenvalue weighted by Crippen LogP contribution is -2.42. The molecule has 9 unspecified atom stereocenters. The van der Waals surface area contributed by atoms with Gasteiger partial charge in [-0.1, -0.05) is 27.4 Å². The summed E-state index contributed by atoms with van der Waals surface area (Å²) in [6.07, 6.45) is -10.6. The zero-order chi connectivity index (χ0) is 63.5. The number of cyclic esters (lactones) is 2. The number of carboxylic acid groups (broad SMARTS) is 4. The summed E-state index contributed by atoms with van der Waals surface area (Å²) in [6.45, 7) is -0.0385. The van der Waals surface area contributed by atoms with Gasteiger partial charge < -0.3 is 132 Å². The molecule has 2 aliphatic rings. The maximum Gasteiger partial charge on any atom is 0.383 e. The molecule has 3 rings (SSSR count). The van der Waals surface area contributed by atoms with Gasteiger partial charge in [0.2, 0.25) is 23.1 Å². The summed E-state index contributed by atoms with van der Waals surface area (Å²) < 4.78 is 13.0. The third-order valence-corrected chi connectivity index (χ3v) is 7.19. The zero-order valence-electron chi connectivity index (χ0n) is 41.8. The van der Waals surface area contributed by atoms with Gasteiger partial charge >= 0.3 is 53.5 Å². The summed E-state index contributed by atoms with van der Waals surface area (Å²) >= 11 is 0. The fourth-order valence-electron chi connectivity index (χ4n) is 3.43. The number of hydrogen-bond acceptors (Lipinski definition) is 34. The highest BCUT2D eigenvalue weighted by Crippen LogP contribution is 2.21. The van der Waals surface area contributed by atoms with E-state index in [4.69, 9.17) is 112 Å². The zero-order valence-corrected chi connectivity index (χ0v) is 41.8. The van der Waals surface area contributed by atoms with E-state index in [0.29, 0.717) is 6.08 Å². The molecule has 1 fully saturated rings. The van der Waals surface area contributed by atoms with Crippen molar-refractivity contribution in [3.05, 3.63) is 59.7 Å². The van der Waals surface area contributed by atoms with E-state index < -0.39 is 176 Å². The monoisotopic (exact) mass is 1220 g/mol. The van der Waals surface area contributed by atoms with Crippen molar-refractivity contribution in [3.8, 4) is 0 Å². The summed E-state index contributed by atoms with van der Waals surface area (Å²) in [6, 6.07) is 2.92. The van der Waals surface area contributed by atoms with E-state index in [0.717, 1.165) is 12.2 Å². The van der Waals surface area contributed by atoms with Crippen molar-refractivity contribution in [2.24, 2.45) is 0 Å². The Bertz CT molecular complexity index is 2240. The first kappa shape index (κ1) is 96.4. The lowest BCUT2D eigenvalue weighted by Gasteiger charge is -2.13. The quantitative estimate of drug-likeness (QED) is 0.0144. The predicted molar refractivity (Wildman–Crippen MR) is 255 cm³/mol. The summed E-state index contributed by atoms with van der Waals surface area (Å²) in [4.78, 5) is 149. The molecule has 2 aliphatic heterocycles. The molecule has 0 spiro atoms. The largest absolute Gasteiger partial charge is 0.505 e. The molecule has 0 saturated carbocycles. The second kappa shape index (κ2) is 55.1. The number of aliphatic carboxylic acids is 3. The molecule has 0 bridgehead atoms. The summed E-state index contributed by atoms with van der Waals surface area (Å²) in [5, 5.41) is 169. The number of ether oxygens (including phenoxy) is 2. The minimum absolute atomic E-state index is 0. The molecule has 1 saturated heterocycles. The molecule has 0 radical (unpaired) electrons. The van der Waals surface area contributed by atoms with Crippen LogP contribution >= 0.6 is 0 Å². The lowest BCUT2D eigenvalue weighted by molar-refractivity contribution is -0.192. The highest BCUT2D eigenvalue weighted by molar-refractivity contribution is 6.65. The fraction of sp³-hybridized carbons (Fsp3) is 0.429. The highest BCUT2D eigenvalue weighted by Gasteiger charge is 2.46. The number of hydrogen-bond donors (Lipinski definition) is 20. The van der Waals surface area contributed by atoms with Crippen LogP contribution in [-0.2, 0) is 76.6 Å². The number of carbonyl (C=O) groups is 13. The van der Waals surface area contributed by atoms with Gasteiger partial charge in [0.1, 0.15) is 36.6 Å². The molecule has 0 aromatic carbocycles. The van der Waals surface area contributed by atoms with Crippen molar-refractivity contribution in [1.82, 2.24) is 0 Å². The Morgan fingerprint density at radius 2 is 1.07 bits per heavy atom. The Labute approximate surface area is 462 Å². The van der Waals surface area contributed by atoms with Crippen LogP contribution in [0.5, 0.6) is 0 Å². The lowest BCUT2D eigenvalue weighted by atomic mass is 10.1. The second-order valence-corrected chi connectivity index (χ2v) is 12.7. The standard InChI is InChI=1S/C6H8O7.C6H8O6.C6H6O6.2C5H8O5.C5H6O4.C5H4O3.C2H6.CO2.CH4.3H2O/c7-1-2(8)3(9)4(10)5(11)6(12)13;2*7-1-2(8)5-3(9)4(10)6(11)12-5;6-1-3(8)5(10)4(9)2-7;6-2-3(7)1-4(8)5(9)10;6-3-1-2-4(7)5(8)9;6-5(7)4-2-1-3-8-4;1-2;2-1-3;;;;/h2-3,7-9H,1H2,(H,12,13);2,5,7-10H,1H2;2,5,7-8H,1H2;1,4-5,7,9-10H,2H2;1,3,6-8H,2H2,(H,9,10);1-2,6H,3H2,(H,8,9);1-3H,(H,6,7);1-2H3;;1H4;3*1H2/b;;;;4-1+;2-1-;;;;;;;. The van der Waals surface area contributed by atoms with E-state index in [2.05, 4.69) is 13.9 Å². The van der Waals surface area contributed by atoms with Gasteiger partial charge in [-0.05, 0) is 24.3 Å². The van der Waals surface area contributed by atoms with E-state index in [9.17, 15) is 62.3 Å². The summed E-state index contributed by atoms with van der Waals surface area (Å²) in [5.41, 5.74) is 0. The Balaban J connectivity index is -0.0000000920. The smallest absolute Gasteiger partial charge is 0.383 e. The highest BCUT2D eigenvalue weighted by atomic mass is 16.6. The molecule has 26 N–H and O–H groups in total. The normalized spacial score (nSPS) is 15.6. The topological polar surface area (TPSA) is 787 Å². The fourth-order valence-corrected chi connectivity index (χ4v) is 3.43. The minimum atomic E-state index is -2.20. The number of aldehydes is 1. The minimum Gasteiger partial charge on any atom is -0.505 e. The number of aliphatic hydroxyl groups excluding tert-OH is 16. The van der Waals surface area contributed by atoms with E-state index in [1.54, 1.807) is 0 Å². The molecular formula is C42H64O41. The van der Waals surface area contributed by atoms with Crippen LogP contribution in [0.3, 0.4) is 0 Å². The summed E-state index contributed by atoms with van der Waals surface area (Å²) in [5.74, 6) is -19.2. The number of carboxylic acids is 4. The van der Waals surface area contributed by atoms with Crippen LogP contribution in [0.1, 0.15) is 31.8 Å². The van der Waals surface area contributed by atoms with Crippen LogP contribution in [-0.4, -0.2) is 296 Å². The number of Topliss-reactive ketones (excluding diaryl/α,β-unsaturated/α-hetero) is 5. The third kappa shape index (κ3) is 41.8. The second-order valence-electron chi connectivity index (χ2n) is 12.7. The van der Waals surface area contributed by atoms with Crippen molar-refractivity contribution in [2.75, 3.05) is 39.6 Å². The molecule has 1 aromatic rings. The molecular weight excluding hydrogens is 1160 g/mol. The van der Waals surface area contributed by atoms with E-state index in [1.165, 1.54) is 18.4 Å². The van der Waals surface area contributed by atoms with Gasteiger partial charge in [-0.25, -0.2) is 28.8 Å². The van der Waals surface area contributed by atoms with Gasteiger partial charge in [-0.3, -0.25) is 33.6 Å². The summed E-state index contributed by atoms with van der Waals surface area (Å²) in [7, 11) is 0. The molecule has 83 heavy (non-hydrogen) atoms. The van der Waals surface area contributed by atoms with Crippen LogP contribution in [0.25, 0.3) is 0 Å². The first-order valence-electron chi connectivity index (χ1n) is 20.4. The molecule has 0 aliphatic carbocycles. The van der Waals surface area contributed by atoms with Crippen LogP contribution < -0.4 is 0 Å². The molecule has 9 atom stereocenters. The third-order valence-electron chi connectivity index (χ3n) is 7.19. The van der Waals surface area contributed by atoms with Gasteiger partial charge in [0, 0.05) is 0 Å². The van der Waals surface area contributed by atoms with Gasteiger partial charge in [0.15, 0.2) is 30.0 Å². The number of rotatable bonds is 20. The van der Waals surface area contributed by atoms with Crippen LogP contribution in [0.4, 0.5) is 0 Å². The number of aromatic carboxylic acids is 1. The molecule has 3 heterocycles. The maximum absolute atomic E-state index is 10.7. The number of esters is 2. The molecule has 41 nitrogen and oxygen atoms in total. The van der Waals surface area contributed by atoms with Crippen molar-refractivity contribution < 1.29 is 204 Å². The number of aliphatic hydroxyl groups is 16. The van der Waals surface area contributed by atoms with Crippen molar-refractivity contribution in [3.63, 3.8) is 0 Å². The SMILES string of the molecule is C.CC.O.O.O.O=C(O)/C(O)=C\C(O)CO.O=C(O)C(=O)/C=C\CO.O=C(O)C(=O)C(=O)C(O)C(O)CO.O=C(O)c1ccco1.O=C1OC(C(O)CO)C(=O)C1=O.O=C1OC(C(O)CO)C(O)=C1O.O=C=O.O=CC(=O)C(O)C(O)CO. The average molecular weight is 1220 g/mol. The van der Waals surface area contributed by atoms with Crippen molar-refractivity contribution >= 4 is 83.0 Å². The van der Waals surface area contributed by atoms with E-state index >= 15 is 0 Å². The molecule has 0 amide bonds. The van der Waals surface area contributed by atoms with Crippen molar-refractivity contribution in [1.29, 1.82) is 0 Å². The van der Waals surface area contributed by atoms with Crippen LogP contribution in [0.2, 0.25) is 0 Å². The van der Waals surface area contributed by atoms with E-state index in [-0.39, 0.29) is 48.7 Å². The number of ketones is 6. The molecule has 478 valence electrons. The van der Waals surface area contributed by atoms with Gasteiger partial charge in [-0.15, -0.1) is 0 Å². The molecule has 1 aromatic heterocycles. The Kier molecular flexibility index (Phi) is 64.0. The number of carbonyl (C=O) groups excluding carboxylic acids is 11. The molecule has 41 heteroatoms. The Hall–Kier alpha value is -8.85. The maximum atomic E-state index is 10.7. The average Bonchev–Trinajstić information content (AvgIpc) is 4.14.